The number of hydrogen-bond donors (Lipinski definition) is 1. The van der Waals surface area contributed by atoms with Crippen LogP contribution in [0, 0.1) is 6.92 Å². The Bertz CT molecular complexity index is 1840. The maximum atomic E-state index is 14.0. The van der Waals surface area contributed by atoms with Crippen LogP contribution in [0.1, 0.15) is 11.1 Å². The van der Waals surface area contributed by atoms with E-state index in [4.69, 9.17) is 28.2 Å². The third kappa shape index (κ3) is 6.18. The van der Waals surface area contributed by atoms with E-state index in [9.17, 15) is 13.2 Å². The van der Waals surface area contributed by atoms with Gasteiger partial charge in [0.15, 0.2) is 11.5 Å². The summed E-state index contributed by atoms with van der Waals surface area (Å²) in [6, 6.07) is 26.3. The Balaban J connectivity index is 1.71. The van der Waals surface area contributed by atoms with Gasteiger partial charge in [-0.2, -0.15) is 8.42 Å². The van der Waals surface area contributed by atoms with Crippen LogP contribution < -0.4 is 15.1 Å². The number of para-hydroxylation sites is 1. The zero-order chi connectivity index (χ0) is 30.0. The van der Waals surface area contributed by atoms with Gasteiger partial charge in [0.1, 0.15) is 4.90 Å². The number of anilines is 3. The maximum absolute atomic E-state index is 14.0. The molecule has 0 bridgehead atoms. The van der Waals surface area contributed by atoms with Gasteiger partial charge in [-0.25, -0.2) is 4.99 Å². The molecule has 1 amide bonds. The first-order chi connectivity index (χ1) is 20.0. The number of hydrogen-bond acceptors (Lipinski definition) is 6. The number of aryl methyl sites for hydroxylation is 1. The maximum Gasteiger partial charge on any atom is 0.286 e. The SMILES string of the molecule is Cc1cc(N(C)C)ccc1/N=C(\C(=O)Nc1cc(Cl)ccc1Cl)C1=NS(=O)(=O)c2ccccc2N1Cc1ccccc1. The Morgan fingerprint density at radius 3 is 2.38 bits per heavy atom. The largest absolute Gasteiger partial charge is 0.378 e. The Kier molecular flexibility index (Phi) is 8.36. The molecule has 42 heavy (non-hydrogen) atoms. The van der Waals surface area contributed by atoms with Crippen LogP contribution in [0.4, 0.5) is 22.7 Å². The molecule has 0 aliphatic carbocycles. The number of nitrogens with one attached hydrogen (secondary N) is 1. The van der Waals surface area contributed by atoms with E-state index in [1.807, 2.05) is 68.4 Å². The monoisotopic (exact) mass is 619 g/mol. The lowest BCUT2D eigenvalue weighted by Crippen LogP contribution is -2.45. The molecule has 1 heterocycles. The van der Waals surface area contributed by atoms with Gasteiger partial charge in [0.25, 0.3) is 15.9 Å². The Labute approximate surface area is 255 Å². The van der Waals surface area contributed by atoms with Crippen molar-refractivity contribution >= 4 is 73.4 Å². The first-order valence-electron chi connectivity index (χ1n) is 12.9. The van der Waals surface area contributed by atoms with E-state index >= 15 is 0 Å². The molecule has 1 aliphatic rings. The van der Waals surface area contributed by atoms with E-state index in [1.165, 1.54) is 12.1 Å². The number of carbonyl (C=O) groups is 1. The molecule has 8 nitrogen and oxygen atoms in total. The molecule has 11 heteroatoms. The molecule has 0 fully saturated rings. The van der Waals surface area contributed by atoms with E-state index in [2.05, 4.69) is 9.71 Å². The van der Waals surface area contributed by atoms with Gasteiger partial charge in [-0.05, 0) is 66.6 Å². The summed E-state index contributed by atoms with van der Waals surface area (Å²) in [6.45, 7) is 2.10. The number of fused-ring (bicyclic) bond motifs is 1. The highest BCUT2D eigenvalue weighted by Crippen LogP contribution is 2.34. The molecule has 0 spiro atoms. The fourth-order valence-corrected chi connectivity index (χ4v) is 6.00. The summed E-state index contributed by atoms with van der Waals surface area (Å²) in [4.78, 5) is 22.4. The van der Waals surface area contributed by atoms with E-state index in [1.54, 1.807) is 41.3 Å². The van der Waals surface area contributed by atoms with Crippen molar-refractivity contribution < 1.29 is 13.2 Å². The minimum absolute atomic E-state index is 0.0360. The van der Waals surface area contributed by atoms with Crippen LogP contribution in [0.2, 0.25) is 10.0 Å². The first-order valence-corrected chi connectivity index (χ1v) is 15.1. The van der Waals surface area contributed by atoms with Gasteiger partial charge in [0, 0.05) is 31.4 Å². The summed E-state index contributed by atoms with van der Waals surface area (Å²) < 4.78 is 31.1. The Hall–Kier alpha value is -4.18. The molecule has 0 saturated heterocycles. The molecule has 4 aromatic carbocycles. The molecule has 4 aromatic rings. The summed E-state index contributed by atoms with van der Waals surface area (Å²) >= 11 is 12.5. The van der Waals surface area contributed by atoms with Crippen LogP contribution in [0.25, 0.3) is 0 Å². The third-order valence-corrected chi connectivity index (χ3v) is 8.49. The highest BCUT2D eigenvalue weighted by molar-refractivity contribution is 7.90. The quantitative estimate of drug-likeness (QED) is 0.227. The second-order valence-corrected chi connectivity index (χ2v) is 12.2. The lowest BCUT2D eigenvalue weighted by atomic mass is 10.1. The summed E-state index contributed by atoms with van der Waals surface area (Å²) in [5, 5.41) is 3.37. The molecule has 0 radical (unpaired) electrons. The van der Waals surface area contributed by atoms with E-state index in [0.29, 0.717) is 16.4 Å². The van der Waals surface area contributed by atoms with Crippen LogP contribution in [-0.2, 0) is 21.4 Å². The number of carbonyl (C=O) groups excluding carboxylic acids is 1. The van der Waals surface area contributed by atoms with Crippen molar-refractivity contribution in [2.45, 2.75) is 18.4 Å². The van der Waals surface area contributed by atoms with Crippen LogP contribution in [0.3, 0.4) is 0 Å². The standard InChI is InChI=1S/C31H27Cl2N5O3S/c1-20-17-23(37(2)3)14-16-25(20)34-29(31(39)35-26-18-22(32)13-15-24(26)33)30-36-42(40,41)28-12-8-7-11-27(28)38(30)19-21-9-5-4-6-10-21/h4-18H,19H2,1-3H3,(H,35,39)/b34-29-. The molecular formula is C31H27Cl2N5O3S. The van der Waals surface area contributed by atoms with Crippen LogP contribution in [0.15, 0.2) is 105 Å². The zero-order valence-electron chi connectivity index (χ0n) is 23.0. The van der Waals surface area contributed by atoms with Gasteiger partial charge in [0.05, 0.1) is 22.1 Å². The van der Waals surface area contributed by atoms with Crippen molar-refractivity contribution in [3.8, 4) is 0 Å². The predicted octanol–water partition coefficient (Wildman–Crippen LogP) is 6.89. The van der Waals surface area contributed by atoms with Gasteiger partial charge in [-0.1, -0.05) is 65.7 Å². The Morgan fingerprint density at radius 2 is 1.67 bits per heavy atom. The summed E-state index contributed by atoms with van der Waals surface area (Å²) in [5.74, 6) is -0.828. The zero-order valence-corrected chi connectivity index (χ0v) is 25.4. The highest BCUT2D eigenvalue weighted by Gasteiger charge is 2.36. The lowest BCUT2D eigenvalue weighted by Gasteiger charge is -2.31. The van der Waals surface area contributed by atoms with Gasteiger partial charge in [-0.15, -0.1) is 4.40 Å². The van der Waals surface area contributed by atoms with Crippen molar-refractivity contribution in [3.05, 3.63) is 112 Å². The smallest absolute Gasteiger partial charge is 0.286 e. The topological polar surface area (TPSA) is 94.4 Å². The van der Waals surface area contributed by atoms with Gasteiger partial charge in [0.2, 0.25) is 0 Å². The first kappa shape index (κ1) is 29.3. The number of amides is 1. The van der Waals surface area contributed by atoms with Crippen molar-refractivity contribution in [3.63, 3.8) is 0 Å². The normalized spacial score (nSPS) is 14.2. The second-order valence-electron chi connectivity index (χ2n) is 9.83. The van der Waals surface area contributed by atoms with Crippen LogP contribution >= 0.6 is 23.2 Å². The number of rotatable bonds is 7. The minimum Gasteiger partial charge on any atom is -0.378 e. The number of halogens is 2. The average Bonchev–Trinajstić information content (AvgIpc) is 2.96. The van der Waals surface area contributed by atoms with E-state index in [0.717, 1.165) is 16.8 Å². The number of amidine groups is 1. The molecule has 5 rings (SSSR count). The van der Waals surface area contributed by atoms with Gasteiger partial charge >= 0.3 is 0 Å². The van der Waals surface area contributed by atoms with Gasteiger partial charge < -0.3 is 15.1 Å². The van der Waals surface area contributed by atoms with Crippen LogP contribution in [0.5, 0.6) is 0 Å². The van der Waals surface area contributed by atoms with E-state index in [-0.39, 0.29) is 33.7 Å². The van der Waals surface area contributed by atoms with Crippen molar-refractivity contribution in [2.75, 3.05) is 29.2 Å². The molecule has 0 aromatic heterocycles. The second kappa shape index (κ2) is 12.0. The van der Waals surface area contributed by atoms with Crippen molar-refractivity contribution in [2.24, 2.45) is 9.39 Å². The molecule has 0 saturated carbocycles. The number of benzene rings is 4. The third-order valence-electron chi connectivity index (χ3n) is 6.61. The van der Waals surface area contributed by atoms with Crippen LogP contribution in [-0.4, -0.2) is 40.0 Å². The molecule has 214 valence electrons. The lowest BCUT2D eigenvalue weighted by molar-refractivity contribution is -0.110. The fraction of sp³-hybridized carbons (Fsp3) is 0.129. The highest BCUT2D eigenvalue weighted by atomic mass is 35.5. The summed E-state index contributed by atoms with van der Waals surface area (Å²) in [6.07, 6.45) is 0. The van der Waals surface area contributed by atoms with Crippen molar-refractivity contribution in [1.29, 1.82) is 0 Å². The van der Waals surface area contributed by atoms with E-state index < -0.39 is 15.9 Å². The minimum atomic E-state index is -4.17. The predicted molar refractivity (Wildman–Crippen MR) is 171 cm³/mol. The molecular weight excluding hydrogens is 593 g/mol. The van der Waals surface area contributed by atoms with Crippen molar-refractivity contribution in [1.82, 2.24) is 0 Å². The molecule has 1 aliphatic heterocycles. The molecule has 1 N–H and O–H groups in total. The Morgan fingerprint density at radius 1 is 0.952 bits per heavy atom. The summed E-state index contributed by atoms with van der Waals surface area (Å²) in [7, 11) is -0.327. The number of aliphatic imine (C=N–C) groups is 1. The molecule has 0 unspecified atom stereocenters. The fourth-order valence-electron chi connectivity index (χ4n) is 4.46. The van der Waals surface area contributed by atoms with Gasteiger partial charge in [-0.3, -0.25) is 4.79 Å². The number of nitrogens with zero attached hydrogens (tertiary/aromatic N) is 4. The summed E-state index contributed by atoms with van der Waals surface area (Å²) in [5.41, 5.74) is 3.50. The molecule has 0 atom stereocenters. The average molecular weight is 621 g/mol. The number of sulfonamides is 1.